The first-order valence-corrected chi connectivity index (χ1v) is 7.59. The Morgan fingerprint density at radius 3 is 2.54 bits per heavy atom. The largest absolute Gasteiger partial charge is 0.497 e. The number of hydrogen-bond donors (Lipinski definition) is 2. The molecule has 2 N–H and O–H groups in total. The minimum absolute atomic E-state index is 0.338. The number of methoxy groups -OCH3 is 2. The number of anilines is 1. The number of nitrogens with one attached hydrogen (secondary N) is 2. The molecule has 0 bridgehead atoms. The molecule has 0 aliphatic rings. The second kappa shape index (κ2) is 8.67. The molecule has 0 aliphatic carbocycles. The molecule has 128 valence electrons. The third-order valence-electron chi connectivity index (χ3n) is 3.39. The van der Waals surface area contributed by atoms with Crippen LogP contribution < -0.4 is 24.8 Å². The fourth-order valence-corrected chi connectivity index (χ4v) is 2.12. The van der Waals surface area contributed by atoms with Gasteiger partial charge in [0.1, 0.15) is 23.9 Å². The molecule has 24 heavy (non-hydrogen) atoms. The fraction of sp³-hybridized carbons (Fsp3) is 0.278. The molecule has 0 fully saturated rings. The van der Waals surface area contributed by atoms with E-state index in [2.05, 4.69) is 10.6 Å². The lowest BCUT2D eigenvalue weighted by Crippen LogP contribution is -2.32. The van der Waals surface area contributed by atoms with Crippen LogP contribution in [0.3, 0.4) is 0 Å². The number of aryl methyl sites for hydroxylation is 1. The standard InChI is InChI=1S/C18H22N2O4/c1-13-6-4-5-7-16(13)24-11-10-19-18(21)20-15-12-14(22-2)8-9-17(15)23-3/h4-9,12H,10-11H2,1-3H3,(H2,19,20,21). The molecule has 6 heteroatoms. The van der Waals surface area contributed by atoms with Gasteiger partial charge in [-0.3, -0.25) is 0 Å². The van der Waals surface area contributed by atoms with Gasteiger partial charge in [-0.25, -0.2) is 4.79 Å². The third kappa shape index (κ3) is 4.81. The first kappa shape index (κ1) is 17.5. The summed E-state index contributed by atoms with van der Waals surface area (Å²) in [4.78, 5) is 12.0. The number of amides is 2. The van der Waals surface area contributed by atoms with Crippen LogP contribution in [0.25, 0.3) is 0 Å². The maximum Gasteiger partial charge on any atom is 0.319 e. The van der Waals surface area contributed by atoms with Gasteiger partial charge in [0.05, 0.1) is 26.5 Å². The van der Waals surface area contributed by atoms with Gasteiger partial charge in [0, 0.05) is 6.07 Å². The number of benzene rings is 2. The zero-order valence-corrected chi connectivity index (χ0v) is 14.1. The van der Waals surface area contributed by atoms with Crippen molar-refractivity contribution in [1.29, 1.82) is 0 Å². The highest BCUT2D eigenvalue weighted by atomic mass is 16.5. The maximum absolute atomic E-state index is 12.0. The summed E-state index contributed by atoms with van der Waals surface area (Å²) in [5.41, 5.74) is 1.59. The summed E-state index contributed by atoms with van der Waals surface area (Å²) >= 11 is 0. The molecule has 0 radical (unpaired) electrons. The molecule has 0 spiro atoms. The van der Waals surface area contributed by atoms with E-state index in [1.165, 1.54) is 0 Å². The van der Waals surface area contributed by atoms with E-state index in [0.717, 1.165) is 11.3 Å². The Balaban J connectivity index is 1.82. The molecular weight excluding hydrogens is 308 g/mol. The number of ether oxygens (including phenoxy) is 3. The summed E-state index contributed by atoms with van der Waals surface area (Å²) < 4.78 is 16.0. The molecular formula is C18H22N2O4. The van der Waals surface area contributed by atoms with Gasteiger partial charge in [-0.2, -0.15) is 0 Å². The Morgan fingerprint density at radius 2 is 1.83 bits per heavy atom. The molecule has 2 aromatic rings. The van der Waals surface area contributed by atoms with Crippen molar-refractivity contribution in [2.45, 2.75) is 6.92 Å². The Morgan fingerprint density at radius 1 is 1.04 bits per heavy atom. The molecule has 0 atom stereocenters. The van der Waals surface area contributed by atoms with Crippen LogP contribution in [0.15, 0.2) is 42.5 Å². The lowest BCUT2D eigenvalue weighted by Gasteiger charge is -2.13. The van der Waals surface area contributed by atoms with Gasteiger partial charge in [0.25, 0.3) is 0 Å². The second-order valence-corrected chi connectivity index (χ2v) is 5.06. The van der Waals surface area contributed by atoms with E-state index in [-0.39, 0.29) is 6.03 Å². The van der Waals surface area contributed by atoms with Gasteiger partial charge in [0.15, 0.2) is 0 Å². The first-order chi connectivity index (χ1) is 11.6. The smallest absolute Gasteiger partial charge is 0.319 e. The van der Waals surface area contributed by atoms with E-state index in [9.17, 15) is 4.79 Å². The molecule has 2 rings (SSSR count). The average molecular weight is 330 g/mol. The minimum Gasteiger partial charge on any atom is -0.497 e. The van der Waals surface area contributed by atoms with Crippen molar-refractivity contribution in [3.05, 3.63) is 48.0 Å². The molecule has 6 nitrogen and oxygen atoms in total. The summed E-state index contributed by atoms with van der Waals surface area (Å²) in [7, 11) is 3.11. The Bertz CT molecular complexity index is 688. The van der Waals surface area contributed by atoms with Crippen molar-refractivity contribution in [3.8, 4) is 17.2 Å². The van der Waals surface area contributed by atoms with E-state index in [4.69, 9.17) is 14.2 Å². The molecule has 0 heterocycles. The van der Waals surface area contributed by atoms with E-state index in [1.54, 1.807) is 32.4 Å². The fourth-order valence-electron chi connectivity index (χ4n) is 2.12. The van der Waals surface area contributed by atoms with Crippen LogP contribution in [-0.4, -0.2) is 33.4 Å². The summed E-state index contributed by atoms with van der Waals surface area (Å²) in [6.45, 7) is 2.74. The van der Waals surface area contributed by atoms with Crippen molar-refractivity contribution in [2.75, 3.05) is 32.7 Å². The molecule has 0 saturated carbocycles. The minimum atomic E-state index is -0.338. The predicted octanol–water partition coefficient (Wildman–Crippen LogP) is 3.21. The van der Waals surface area contributed by atoms with Crippen LogP contribution in [0.2, 0.25) is 0 Å². The van der Waals surface area contributed by atoms with Gasteiger partial charge in [-0.05, 0) is 30.7 Å². The van der Waals surface area contributed by atoms with Crippen LogP contribution in [0, 0.1) is 6.92 Å². The SMILES string of the molecule is COc1ccc(OC)c(NC(=O)NCCOc2ccccc2C)c1. The van der Waals surface area contributed by atoms with Crippen LogP contribution in [-0.2, 0) is 0 Å². The number of rotatable bonds is 7. The normalized spacial score (nSPS) is 9.96. The monoisotopic (exact) mass is 330 g/mol. The second-order valence-electron chi connectivity index (χ2n) is 5.06. The van der Waals surface area contributed by atoms with Crippen molar-refractivity contribution in [1.82, 2.24) is 5.32 Å². The van der Waals surface area contributed by atoms with E-state index < -0.39 is 0 Å². The number of carbonyl (C=O) groups is 1. The molecule has 0 saturated heterocycles. The maximum atomic E-state index is 12.0. The number of hydrogen-bond acceptors (Lipinski definition) is 4. The highest BCUT2D eigenvalue weighted by Gasteiger charge is 2.08. The highest BCUT2D eigenvalue weighted by Crippen LogP contribution is 2.28. The lowest BCUT2D eigenvalue weighted by atomic mass is 10.2. The molecule has 0 aliphatic heterocycles. The van der Waals surface area contributed by atoms with Gasteiger partial charge < -0.3 is 24.8 Å². The Labute approximate surface area is 141 Å². The van der Waals surface area contributed by atoms with Crippen molar-refractivity contribution in [3.63, 3.8) is 0 Å². The van der Waals surface area contributed by atoms with Crippen LogP contribution >= 0.6 is 0 Å². The summed E-state index contributed by atoms with van der Waals surface area (Å²) in [5, 5.41) is 5.47. The Hall–Kier alpha value is -2.89. The molecule has 0 unspecified atom stereocenters. The molecule has 0 aromatic heterocycles. The van der Waals surface area contributed by atoms with Gasteiger partial charge in [-0.15, -0.1) is 0 Å². The molecule has 2 aromatic carbocycles. The van der Waals surface area contributed by atoms with Crippen molar-refractivity contribution in [2.24, 2.45) is 0 Å². The summed E-state index contributed by atoms with van der Waals surface area (Å²) in [6, 6.07) is 12.6. The third-order valence-corrected chi connectivity index (χ3v) is 3.39. The van der Waals surface area contributed by atoms with E-state index >= 15 is 0 Å². The van der Waals surface area contributed by atoms with E-state index in [1.807, 2.05) is 31.2 Å². The van der Waals surface area contributed by atoms with Crippen molar-refractivity contribution >= 4 is 11.7 Å². The number of urea groups is 1. The zero-order chi connectivity index (χ0) is 17.4. The van der Waals surface area contributed by atoms with Crippen LogP contribution in [0.1, 0.15) is 5.56 Å². The van der Waals surface area contributed by atoms with Crippen LogP contribution in [0.5, 0.6) is 17.2 Å². The van der Waals surface area contributed by atoms with E-state index in [0.29, 0.717) is 30.3 Å². The number of para-hydroxylation sites is 1. The molecule has 2 amide bonds. The Kier molecular flexibility index (Phi) is 6.31. The topological polar surface area (TPSA) is 68.8 Å². The predicted molar refractivity (Wildman–Crippen MR) is 93.2 cm³/mol. The highest BCUT2D eigenvalue weighted by molar-refractivity contribution is 5.91. The van der Waals surface area contributed by atoms with Gasteiger partial charge >= 0.3 is 6.03 Å². The quantitative estimate of drug-likeness (QED) is 0.765. The lowest BCUT2D eigenvalue weighted by molar-refractivity contribution is 0.247. The summed E-state index contributed by atoms with van der Waals surface area (Å²) in [6.07, 6.45) is 0. The first-order valence-electron chi connectivity index (χ1n) is 7.59. The summed E-state index contributed by atoms with van der Waals surface area (Å²) in [5.74, 6) is 2.00. The zero-order valence-electron chi connectivity index (χ0n) is 14.1. The number of carbonyl (C=O) groups excluding carboxylic acids is 1. The van der Waals surface area contributed by atoms with Gasteiger partial charge in [-0.1, -0.05) is 18.2 Å². The average Bonchev–Trinajstić information content (AvgIpc) is 2.60. The van der Waals surface area contributed by atoms with Crippen molar-refractivity contribution < 1.29 is 19.0 Å². The van der Waals surface area contributed by atoms with Gasteiger partial charge in [0.2, 0.25) is 0 Å². The van der Waals surface area contributed by atoms with Crippen LogP contribution in [0.4, 0.5) is 10.5 Å².